The Bertz CT molecular complexity index is 1730. The summed E-state index contributed by atoms with van der Waals surface area (Å²) in [5.41, 5.74) is 0. The fraction of sp³-hybridized carbons (Fsp3) is 0.708. The smallest absolute Gasteiger partial charge is 0.387 e. The number of likely N-dealkylation sites (N-methyl/N-ethyl adjacent to an activating group) is 1. The molecule has 0 aromatic heterocycles. The molecule has 0 bridgehead atoms. The minimum atomic E-state index is -4.36. The molecule has 0 fully saturated rings. The number of nitrogens with one attached hydrogen (secondary N) is 1. The number of carbonyl (C=O) groups excluding carboxylic acids is 1. The number of unbranched alkanes of at least 4 members (excludes halogenated alkanes) is 29. The second-order valence-electron chi connectivity index (χ2n) is 23.5. The molecule has 1 amide bonds. The molecule has 0 heterocycles. The minimum absolute atomic E-state index is 0.0552. The first-order valence-corrected chi connectivity index (χ1v) is 34.9. The highest BCUT2D eigenvalue weighted by atomic mass is 31.2. The fourth-order valence-corrected chi connectivity index (χ4v) is 10.0. The van der Waals surface area contributed by atoms with Gasteiger partial charge < -0.3 is 19.8 Å². The van der Waals surface area contributed by atoms with Gasteiger partial charge in [-0.1, -0.05) is 302 Å². The average Bonchev–Trinajstić information content (AvgIpc) is 3.43. The summed E-state index contributed by atoms with van der Waals surface area (Å²) >= 11 is 0. The average molecular weight is 1150 g/mol. The van der Waals surface area contributed by atoms with Crippen molar-refractivity contribution in [2.75, 3.05) is 40.9 Å². The summed E-state index contributed by atoms with van der Waals surface area (Å²) in [7, 11) is 1.56. The largest absolute Gasteiger partial charge is 0.472 e. The number of rotatable bonds is 60. The summed E-state index contributed by atoms with van der Waals surface area (Å²) in [5, 5.41) is 14.0. The lowest BCUT2D eigenvalue weighted by atomic mass is 10.0. The van der Waals surface area contributed by atoms with E-state index in [0.29, 0.717) is 17.4 Å². The van der Waals surface area contributed by atoms with Crippen LogP contribution in [0.1, 0.15) is 277 Å². The molecule has 466 valence electrons. The Hall–Kier alpha value is -3.10. The number of aliphatic hydroxyl groups excluding tert-OH is 1. The highest BCUT2D eigenvalue weighted by Gasteiger charge is 2.28. The molecule has 9 heteroatoms. The number of nitrogens with zero attached hydrogens (tertiary/aromatic N) is 1. The third-order valence-corrected chi connectivity index (χ3v) is 15.4. The van der Waals surface area contributed by atoms with Crippen LogP contribution in [0.4, 0.5) is 0 Å². The van der Waals surface area contributed by atoms with Gasteiger partial charge in [0.2, 0.25) is 5.91 Å². The monoisotopic (exact) mass is 1150 g/mol. The second-order valence-corrected chi connectivity index (χ2v) is 24.9. The zero-order valence-electron chi connectivity index (χ0n) is 53.2. The Kier molecular flexibility index (Phi) is 59.1. The van der Waals surface area contributed by atoms with Gasteiger partial charge in [-0.05, 0) is 89.9 Å². The first-order valence-electron chi connectivity index (χ1n) is 33.4. The standard InChI is InChI=1S/C72H127N2O6P/c1-6-8-10-12-14-16-18-20-22-24-26-28-30-31-32-33-34-35-36-37-38-39-40-41-42-43-44-46-48-50-52-54-56-58-60-62-64-66-72(76)73-70(69-80-81(77,78)79-68-67-74(3,4)5)71(75)65-63-61-59-57-55-53-51-49-47-45-29-27-25-23-21-19-17-15-13-11-9-7-2/h8,10,14,16,20,22,26,28,31-32,34-35,37-38,40-41,43-44,63,65,70-71,75H,6-7,9,11-13,15,17-19,21,23-25,27,29-30,33,36,39,42,45-62,64,66-69H2,1-5H3,(H-,73,76,77,78)/p+1/b10-8-,16-14-,22-20-,28-26-,32-31-,35-34-,38-37-,41-40-,44-43-,65-63+. The van der Waals surface area contributed by atoms with Gasteiger partial charge in [-0.25, -0.2) is 4.57 Å². The number of hydrogen-bond donors (Lipinski definition) is 3. The molecule has 3 atom stereocenters. The van der Waals surface area contributed by atoms with Crippen LogP contribution < -0.4 is 5.32 Å². The number of allylic oxidation sites excluding steroid dienone is 19. The van der Waals surface area contributed by atoms with E-state index in [1.165, 1.54) is 154 Å². The van der Waals surface area contributed by atoms with Crippen LogP contribution in [-0.4, -0.2) is 73.4 Å². The van der Waals surface area contributed by atoms with Crippen molar-refractivity contribution >= 4 is 13.7 Å². The van der Waals surface area contributed by atoms with E-state index < -0.39 is 20.0 Å². The maximum Gasteiger partial charge on any atom is 0.472 e. The molecule has 0 aliphatic heterocycles. The van der Waals surface area contributed by atoms with E-state index in [4.69, 9.17) is 9.05 Å². The molecule has 0 aromatic rings. The first-order chi connectivity index (χ1) is 39.5. The maximum absolute atomic E-state index is 13.0. The SMILES string of the molecule is CC/C=C\C/C=C\C/C=C\C/C=C\C/C=C\C/C=C\C/C=C\C/C=C\C/C=C\CCCCCCCCCCCC(=O)NC(COP(=O)(O)OCC[N+](C)(C)C)C(O)/C=C/CCCCCCCCCCCCCCCCCCCCCC. The van der Waals surface area contributed by atoms with E-state index in [0.717, 1.165) is 103 Å². The minimum Gasteiger partial charge on any atom is -0.387 e. The van der Waals surface area contributed by atoms with E-state index >= 15 is 0 Å². The molecule has 8 nitrogen and oxygen atoms in total. The van der Waals surface area contributed by atoms with Crippen LogP contribution in [-0.2, 0) is 18.4 Å². The van der Waals surface area contributed by atoms with Crippen LogP contribution >= 0.6 is 7.82 Å². The van der Waals surface area contributed by atoms with Crippen LogP contribution in [0.25, 0.3) is 0 Å². The van der Waals surface area contributed by atoms with Gasteiger partial charge in [-0.2, -0.15) is 0 Å². The quantitative estimate of drug-likeness (QED) is 0.0243. The molecule has 81 heavy (non-hydrogen) atoms. The summed E-state index contributed by atoms with van der Waals surface area (Å²) in [6.45, 7) is 4.71. The number of hydrogen-bond acceptors (Lipinski definition) is 5. The van der Waals surface area contributed by atoms with E-state index in [1.54, 1.807) is 6.08 Å². The topological polar surface area (TPSA) is 105 Å². The van der Waals surface area contributed by atoms with Crippen LogP contribution in [0.2, 0.25) is 0 Å². The summed E-state index contributed by atoms with van der Waals surface area (Å²) < 4.78 is 23.8. The predicted octanol–water partition coefficient (Wildman–Crippen LogP) is 21.3. The van der Waals surface area contributed by atoms with Crippen molar-refractivity contribution in [2.45, 2.75) is 289 Å². The van der Waals surface area contributed by atoms with Crippen molar-refractivity contribution in [3.05, 3.63) is 122 Å². The van der Waals surface area contributed by atoms with E-state index in [1.807, 2.05) is 27.2 Å². The van der Waals surface area contributed by atoms with Gasteiger partial charge in [0.1, 0.15) is 13.2 Å². The third kappa shape index (κ3) is 64.3. The molecule has 0 aromatic carbocycles. The second kappa shape index (κ2) is 61.5. The lowest BCUT2D eigenvalue weighted by molar-refractivity contribution is -0.870. The van der Waals surface area contributed by atoms with Gasteiger partial charge in [0.25, 0.3) is 0 Å². The highest BCUT2D eigenvalue weighted by Crippen LogP contribution is 2.43. The molecule has 0 rings (SSSR count). The Morgan fingerprint density at radius 1 is 0.432 bits per heavy atom. The lowest BCUT2D eigenvalue weighted by Crippen LogP contribution is -2.45. The number of phosphoric ester groups is 1. The Morgan fingerprint density at radius 2 is 0.741 bits per heavy atom. The van der Waals surface area contributed by atoms with Crippen LogP contribution in [0, 0.1) is 0 Å². The Morgan fingerprint density at radius 3 is 1.09 bits per heavy atom. The number of phosphoric acid groups is 1. The van der Waals surface area contributed by atoms with Crippen molar-refractivity contribution in [1.29, 1.82) is 0 Å². The zero-order valence-corrected chi connectivity index (χ0v) is 54.1. The van der Waals surface area contributed by atoms with Crippen molar-refractivity contribution < 1.29 is 32.9 Å². The molecule has 0 radical (unpaired) electrons. The predicted molar refractivity (Wildman–Crippen MR) is 355 cm³/mol. The third-order valence-electron chi connectivity index (χ3n) is 14.4. The molecule has 3 unspecified atom stereocenters. The molecule has 0 aliphatic carbocycles. The van der Waals surface area contributed by atoms with E-state index in [-0.39, 0.29) is 19.1 Å². The highest BCUT2D eigenvalue weighted by molar-refractivity contribution is 7.47. The lowest BCUT2D eigenvalue weighted by Gasteiger charge is -2.25. The summed E-state index contributed by atoms with van der Waals surface area (Å²) in [6, 6.07) is -0.859. The van der Waals surface area contributed by atoms with Crippen molar-refractivity contribution in [3.63, 3.8) is 0 Å². The van der Waals surface area contributed by atoms with Crippen molar-refractivity contribution in [1.82, 2.24) is 5.32 Å². The maximum atomic E-state index is 13.0. The number of quaternary nitrogens is 1. The van der Waals surface area contributed by atoms with Gasteiger partial charge in [-0.3, -0.25) is 13.8 Å². The number of carbonyl (C=O) groups is 1. The molecule has 0 saturated heterocycles. The molecule has 0 spiro atoms. The molecular weight excluding hydrogens is 1020 g/mol. The van der Waals surface area contributed by atoms with Crippen LogP contribution in [0.3, 0.4) is 0 Å². The fourth-order valence-electron chi connectivity index (χ4n) is 9.27. The van der Waals surface area contributed by atoms with Gasteiger partial charge in [0.15, 0.2) is 0 Å². The number of aliphatic hydroxyl groups is 1. The van der Waals surface area contributed by atoms with Crippen LogP contribution in [0.15, 0.2) is 122 Å². The van der Waals surface area contributed by atoms with Gasteiger partial charge in [0.05, 0.1) is 39.9 Å². The Balaban J connectivity index is 4.16. The summed E-state index contributed by atoms with van der Waals surface area (Å²) in [4.78, 5) is 23.4. The van der Waals surface area contributed by atoms with Gasteiger partial charge in [-0.15, -0.1) is 0 Å². The van der Waals surface area contributed by atoms with Gasteiger partial charge >= 0.3 is 7.82 Å². The normalized spacial score (nSPS) is 14.5. The van der Waals surface area contributed by atoms with E-state index in [9.17, 15) is 19.4 Å². The van der Waals surface area contributed by atoms with E-state index in [2.05, 4.69) is 129 Å². The van der Waals surface area contributed by atoms with Crippen molar-refractivity contribution in [2.24, 2.45) is 0 Å². The molecule has 0 aliphatic rings. The summed E-state index contributed by atoms with van der Waals surface area (Å²) in [5.74, 6) is -0.186. The summed E-state index contributed by atoms with van der Waals surface area (Å²) in [6.07, 6.45) is 91.7. The zero-order chi connectivity index (χ0) is 59.1. The molecule has 0 saturated carbocycles. The van der Waals surface area contributed by atoms with Crippen LogP contribution in [0.5, 0.6) is 0 Å². The Labute approximate surface area is 501 Å². The molecule has 3 N–H and O–H groups in total. The first kappa shape index (κ1) is 77.9. The molecular formula is C72H128N2O6P+. The number of amides is 1. The van der Waals surface area contributed by atoms with Crippen molar-refractivity contribution in [3.8, 4) is 0 Å². The van der Waals surface area contributed by atoms with Gasteiger partial charge in [0, 0.05) is 6.42 Å².